The first-order chi connectivity index (χ1) is 17.5. The van der Waals surface area contributed by atoms with E-state index in [1.807, 2.05) is 71.6 Å². The molecule has 4 aromatic rings. The van der Waals surface area contributed by atoms with Gasteiger partial charge in [-0.25, -0.2) is 0 Å². The van der Waals surface area contributed by atoms with Crippen molar-refractivity contribution in [3.05, 3.63) is 113 Å². The second kappa shape index (κ2) is 9.95. The third kappa shape index (κ3) is 4.38. The Kier molecular flexibility index (Phi) is 6.57. The van der Waals surface area contributed by atoms with Crippen molar-refractivity contribution in [2.45, 2.75) is 32.9 Å². The van der Waals surface area contributed by atoms with Crippen molar-refractivity contribution in [1.82, 2.24) is 19.8 Å². The molecule has 0 aliphatic carbocycles. The fourth-order valence-electron chi connectivity index (χ4n) is 5.17. The SMILES string of the molecule is Cc1c([C@@H]2[C@@H](c3ccccn3)NC(=S)N2CC(=O)Nc2ccccc2)c(C)n(-c2ccccc2)c1C. The molecule has 182 valence electrons. The molecule has 0 saturated carbocycles. The quantitative estimate of drug-likeness (QED) is 0.350. The van der Waals surface area contributed by atoms with Gasteiger partial charge in [0, 0.05) is 34.5 Å². The van der Waals surface area contributed by atoms with Gasteiger partial charge in [0.1, 0.15) is 6.54 Å². The van der Waals surface area contributed by atoms with E-state index in [9.17, 15) is 4.79 Å². The minimum absolute atomic E-state index is 0.119. The predicted octanol–water partition coefficient (Wildman–Crippen LogP) is 5.41. The van der Waals surface area contributed by atoms with Crippen LogP contribution in [0.25, 0.3) is 5.69 Å². The monoisotopic (exact) mass is 495 g/mol. The van der Waals surface area contributed by atoms with Gasteiger partial charge in [0.05, 0.1) is 17.8 Å². The third-order valence-electron chi connectivity index (χ3n) is 6.89. The smallest absolute Gasteiger partial charge is 0.244 e. The summed E-state index contributed by atoms with van der Waals surface area (Å²) in [6, 6.07) is 25.3. The van der Waals surface area contributed by atoms with E-state index in [2.05, 4.69) is 53.1 Å². The van der Waals surface area contributed by atoms with Gasteiger partial charge in [0.2, 0.25) is 5.91 Å². The van der Waals surface area contributed by atoms with Crippen molar-refractivity contribution < 1.29 is 4.79 Å². The highest BCUT2D eigenvalue weighted by molar-refractivity contribution is 7.80. The average Bonchev–Trinajstić information content (AvgIpc) is 3.32. The number of hydrogen-bond acceptors (Lipinski definition) is 3. The first-order valence-electron chi connectivity index (χ1n) is 12.0. The van der Waals surface area contributed by atoms with E-state index in [1.54, 1.807) is 6.20 Å². The van der Waals surface area contributed by atoms with Crippen LogP contribution in [0.2, 0.25) is 0 Å². The Hall–Kier alpha value is -3.97. The molecule has 2 aromatic heterocycles. The van der Waals surface area contributed by atoms with Gasteiger partial charge in [0.15, 0.2) is 5.11 Å². The van der Waals surface area contributed by atoms with E-state index >= 15 is 0 Å². The molecular formula is C29H29N5OS. The van der Waals surface area contributed by atoms with Crippen molar-refractivity contribution in [2.75, 3.05) is 11.9 Å². The van der Waals surface area contributed by atoms with E-state index < -0.39 is 0 Å². The highest BCUT2D eigenvalue weighted by Crippen LogP contribution is 2.43. The molecule has 1 aliphatic rings. The standard InChI is InChI=1S/C29H29N5OS/c1-19-20(2)34(23-14-8-5-9-15-23)21(3)26(19)28-27(24-16-10-11-17-30-24)32-29(36)33(28)18-25(35)31-22-12-6-4-7-13-22/h4-17,27-28H,18H2,1-3H3,(H,31,35)(H,32,36)/t27-,28-/m1/s1. The molecule has 2 N–H and O–H groups in total. The lowest BCUT2D eigenvalue weighted by Crippen LogP contribution is -2.37. The zero-order chi connectivity index (χ0) is 25.2. The summed E-state index contributed by atoms with van der Waals surface area (Å²) in [7, 11) is 0. The number of anilines is 1. The molecule has 1 fully saturated rings. The molecule has 7 heteroatoms. The number of carbonyl (C=O) groups is 1. The number of hydrogen-bond donors (Lipinski definition) is 2. The Morgan fingerprint density at radius 3 is 2.28 bits per heavy atom. The fourth-order valence-corrected chi connectivity index (χ4v) is 5.48. The molecule has 1 aliphatic heterocycles. The summed E-state index contributed by atoms with van der Waals surface area (Å²) >= 11 is 5.80. The van der Waals surface area contributed by atoms with E-state index in [-0.39, 0.29) is 24.5 Å². The third-order valence-corrected chi connectivity index (χ3v) is 7.24. The summed E-state index contributed by atoms with van der Waals surface area (Å²) in [5.74, 6) is -0.119. The van der Waals surface area contributed by atoms with Crippen LogP contribution in [-0.2, 0) is 4.79 Å². The van der Waals surface area contributed by atoms with E-state index in [4.69, 9.17) is 12.2 Å². The molecule has 6 nitrogen and oxygen atoms in total. The fraction of sp³-hybridized carbons (Fsp3) is 0.207. The van der Waals surface area contributed by atoms with Crippen LogP contribution in [0.3, 0.4) is 0 Å². The molecular weight excluding hydrogens is 466 g/mol. The number of pyridine rings is 1. The molecule has 1 saturated heterocycles. The van der Waals surface area contributed by atoms with Crippen LogP contribution in [-0.4, -0.2) is 32.0 Å². The lowest BCUT2D eigenvalue weighted by molar-refractivity contribution is -0.116. The van der Waals surface area contributed by atoms with Gasteiger partial charge < -0.3 is 20.1 Å². The topological polar surface area (TPSA) is 62.2 Å². The summed E-state index contributed by atoms with van der Waals surface area (Å²) in [5.41, 5.74) is 7.39. The lowest BCUT2D eigenvalue weighted by atomic mass is 9.93. The van der Waals surface area contributed by atoms with Crippen LogP contribution in [0.1, 0.15) is 40.3 Å². The number of nitrogens with one attached hydrogen (secondary N) is 2. The molecule has 0 unspecified atom stereocenters. The van der Waals surface area contributed by atoms with Crippen molar-refractivity contribution in [3.63, 3.8) is 0 Å². The molecule has 5 rings (SSSR count). The number of benzene rings is 2. The molecule has 2 atom stereocenters. The van der Waals surface area contributed by atoms with Crippen molar-refractivity contribution >= 4 is 28.9 Å². The summed E-state index contributed by atoms with van der Waals surface area (Å²) in [6.07, 6.45) is 1.79. The van der Waals surface area contributed by atoms with Crippen LogP contribution in [0.4, 0.5) is 5.69 Å². The van der Waals surface area contributed by atoms with Gasteiger partial charge in [-0.05, 0) is 75.0 Å². The van der Waals surface area contributed by atoms with Crippen LogP contribution in [0.5, 0.6) is 0 Å². The predicted molar refractivity (Wildman–Crippen MR) is 147 cm³/mol. The zero-order valence-corrected chi connectivity index (χ0v) is 21.4. The van der Waals surface area contributed by atoms with Gasteiger partial charge in [-0.3, -0.25) is 9.78 Å². The number of amides is 1. The Labute approximate surface area is 217 Å². The second-order valence-corrected chi connectivity index (χ2v) is 9.44. The zero-order valence-electron chi connectivity index (χ0n) is 20.6. The second-order valence-electron chi connectivity index (χ2n) is 9.05. The van der Waals surface area contributed by atoms with E-state index in [1.165, 1.54) is 11.3 Å². The van der Waals surface area contributed by atoms with Crippen molar-refractivity contribution in [3.8, 4) is 5.69 Å². The van der Waals surface area contributed by atoms with Gasteiger partial charge in [-0.15, -0.1) is 0 Å². The summed E-state index contributed by atoms with van der Waals surface area (Å²) in [4.78, 5) is 19.8. The minimum Gasteiger partial charge on any atom is -0.352 e. The van der Waals surface area contributed by atoms with E-state index in [0.29, 0.717) is 5.11 Å². The highest BCUT2D eigenvalue weighted by atomic mass is 32.1. The Bertz CT molecular complexity index is 1390. The maximum Gasteiger partial charge on any atom is 0.244 e. The number of aromatic nitrogens is 2. The summed E-state index contributed by atoms with van der Waals surface area (Å²) < 4.78 is 2.28. The van der Waals surface area contributed by atoms with Gasteiger partial charge in [0.25, 0.3) is 0 Å². The number of rotatable bonds is 6. The normalized spacial score (nSPS) is 17.2. The number of nitrogens with zero attached hydrogens (tertiary/aromatic N) is 3. The Morgan fingerprint density at radius 2 is 1.61 bits per heavy atom. The Morgan fingerprint density at radius 1 is 0.944 bits per heavy atom. The maximum atomic E-state index is 13.1. The van der Waals surface area contributed by atoms with Crippen LogP contribution >= 0.6 is 12.2 Å². The molecule has 1 amide bonds. The highest BCUT2D eigenvalue weighted by Gasteiger charge is 2.43. The molecule has 0 radical (unpaired) electrons. The number of thiocarbonyl (C=S) groups is 1. The van der Waals surface area contributed by atoms with Gasteiger partial charge in [-0.1, -0.05) is 42.5 Å². The largest absolute Gasteiger partial charge is 0.352 e. The first-order valence-corrected chi connectivity index (χ1v) is 12.4. The summed E-state index contributed by atoms with van der Waals surface area (Å²) in [5, 5.41) is 7.01. The van der Waals surface area contributed by atoms with Crippen molar-refractivity contribution in [2.24, 2.45) is 0 Å². The summed E-state index contributed by atoms with van der Waals surface area (Å²) in [6.45, 7) is 6.56. The molecule has 0 spiro atoms. The van der Waals surface area contributed by atoms with Crippen LogP contribution < -0.4 is 10.6 Å². The van der Waals surface area contributed by atoms with Gasteiger partial charge >= 0.3 is 0 Å². The number of carbonyl (C=O) groups excluding carboxylic acids is 1. The van der Waals surface area contributed by atoms with Crippen LogP contribution in [0, 0.1) is 20.8 Å². The molecule has 36 heavy (non-hydrogen) atoms. The lowest BCUT2D eigenvalue weighted by Gasteiger charge is -2.28. The molecule has 0 bridgehead atoms. The van der Waals surface area contributed by atoms with Crippen LogP contribution in [0.15, 0.2) is 85.1 Å². The molecule has 2 aromatic carbocycles. The minimum atomic E-state index is -0.197. The maximum absolute atomic E-state index is 13.1. The molecule has 3 heterocycles. The first kappa shape index (κ1) is 23.8. The average molecular weight is 496 g/mol. The number of para-hydroxylation sites is 2. The Balaban J connectivity index is 1.58. The van der Waals surface area contributed by atoms with Crippen molar-refractivity contribution in [1.29, 1.82) is 0 Å². The van der Waals surface area contributed by atoms with Gasteiger partial charge in [-0.2, -0.15) is 0 Å². The van der Waals surface area contributed by atoms with E-state index in [0.717, 1.165) is 28.3 Å².